The Bertz CT molecular complexity index is 1080. The van der Waals surface area contributed by atoms with Crippen LogP contribution >= 0.6 is 0 Å². The van der Waals surface area contributed by atoms with E-state index >= 15 is 0 Å². The summed E-state index contributed by atoms with van der Waals surface area (Å²) in [6.45, 7) is 4.12. The van der Waals surface area contributed by atoms with Crippen LogP contribution in [0.3, 0.4) is 0 Å². The van der Waals surface area contributed by atoms with Gasteiger partial charge in [0.15, 0.2) is 11.6 Å². The quantitative estimate of drug-likeness (QED) is 0.790. The van der Waals surface area contributed by atoms with Gasteiger partial charge in [0, 0.05) is 25.9 Å². The van der Waals surface area contributed by atoms with E-state index in [0.29, 0.717) is 18.1 Å². The SMILES string of the molecule is CN(C)C1=CCCC(c2ccc3c(n2)N(C(=O)Nc2cncc(F)c2)CC(C)(C)O3)=C1. The third-order valence-electron chi connectivity index (χ3n) is 5.16. The standard InChI is InChI=1S/C23H26FN5O2/c1-23(2)14-29(22(30)26-17-11-16(24)12-25-13-17)21-20(31-23)9-8-19(27-21)15-6-5-7-18(10-15)28(3)4/h7-13H,5-6,14H2,1-4H3,(H,26,30). The van der Waals surface area contributed by atoms with Crippen molar-refractivity contribution in [3.63, 3.8) is 0 Å². The van der Waals surface area contributed by atoms with Crippen molar-refractivity contribution < 1.29 is 13.9 Å². The van der Waals surface area contributed by atoms with Crippen LogP contribution in [0.2, 0.25) is 0 Å². The Morgan fingerprint density at radius 3 is 2.84 bits per heavy atom. The Hall–Kier alpha value is -3.42. The number of ether oxygens (including phenoxy) is 1. The summed E-state index contributed by atoms with van der Waals surface area (Å²) in [5, 5.41) is 2.71. The number of pyridine rings is 2. The molecule has 1 aliphatic heterocycles. The van der Waals surface area contributed by atoms with Gasteiger partial charge in [-0.05, 0) is 50.5 Å². The van der Waals surface area contributed by atoms with Crippen LogP contribution in [-0.4, -0.2) is 47.1 Å². The number of likely N-dealkylation sites (N-methyl/N-ethyl adjacent to an activating group) is 1. The molecule has 1 N–H and O–H groups in total. The lowest BCUT2D eigenvalue weighted by Gasteiger charge is -2.39. The largest absolute Gasteiger partial charge is 0.482 e. The van der Waals surface area contributed by atoms with E-state index in [-0.39, 0.29) is 5.69 Å². The van der Waals surface area contributed by atoms with Gasteiger partial charge >= 0.3 is 6.03 Å². The second-order valence-electron chi connectivity index (χ2n) is 8.52. The Kier molecular flexibility index (Phi) is 5.39. The van der Waals surface area contributed by atoms with Crippen molar-refractivity contribution >= 4 is 23.1 Å². The summed E-state index contributed by atoms with van der Waals surface area (Å²) in [7, 11) is 4.02. The minimum atomic E-state index is -0.599. The summed E-state index contributed by atoms with van der Waals surface area (Å²) < 4.78 is 19.6. The van der Waals surface area contributed by atoms with Gasteiger partial charge in [-0.15, -0.1) is 0 Å². The van der Waals surface area contributed by atoms with Crippen molar-refractivity contribution in [2.45, 2.75) is 32.3 Å². The highest BCUT2D eigenvalue weighted by atomic mass is 19.1. The Balaban J connectivity index is 1.68. The summed E-state index contributed by atoms with van der Waals surface area (Å²) in [4.78, 5) is 25.3. The van der Waals surface area contributed by atoms with Gasteiger partial charge in [0.1, 0.15) is 11.4 Å². The third-order valence-corrected chi connectivity index (χ3v) is 5.16. The first-order valence-corrected chi connectivity index (χ1v) is 10.2. The molecule has 8 heteroatoms. The molecule has 2 amide bonds. The average molecular weight is 423 g/mol. The average Bonchev–Trinajstić information content (AvgIpc) is 2.72. The predicted molar refractivity (Wildman–Crippen MR) is 118 cm³/mol. The second-order valence-corrected chi connectivity index (χ2v) is 8.52. The van der Waals surface area contributed by atoms with E-state index in [9.17, 15) is 9.18 Å². The van der Waals surface area contributed by atoms with Crippen LogP contribution in [0.5, 0.6) is 5.75 Å². The monoisotopic (exact) mass is 423 g/mol. The van der Waals surface area contributed by atoms with Crippen molar-refractivity contribution in [2.75, 3.05) is 30.9 Å². The zero-order chi connectivity index (χ0) is 22.2. The number of amides is 2. The minimum absolute atomic E-state index is 0.280. The number of hydrogen-bond donors (Lipinski definition) is 1. The van der Waals surface area contributed by atoms with Crippen molar-refractivity contribution in [1.29, 1.82) is 0 Å². The van der Waals surface area contributed by atoms with E-state index in [1.165, 1.54) is 12.3 Å². The molecule has 3 heterocycles. The minimum Gasteiger partial charge on any atom is -0.482 e. The van der Waals surface area contributed by atoms with E-state index < -0.39 is 17.4 Å². The third kappa shape index (κ3) is 4.52. The highest BCUT2D eigenvalue weighted by molar-refractivity contribution is 6.02. The smallest absolute Gasteiger partial charge is 0.327 e. The van der Waals surface area contributed by atoms with Gasteiger partial charge in [0.05, 0.1) is 30.3 Å². The summed E-state index contributed by atoms with van der Waals surface area (Å²) in [5.41, 5.74) is 2.72. The van der Waals surface area contributed by atoms with Crippen molar-refractivity contribution in [3.05, 3.63) is 60.0 Å². The molecule has 0 spiro atoms. The second kappa shape index (κ2) is 8.02. The van der Waals surface area contributed by atoms with Gasteiger partial charge in [-0.25, -0.2) is 14.2 Å². The maximum Gasteiger partial charge on any atom is 0.327 e. The first-order chi connectivity index (χ1) is 14.7. The van der Waals surface area contributed by atoms with Gasteiger partial charge in [0.25, 0.3) is 0 Å². The van der Waals surface area contributed by atoms with E-state index in [4.69, 9.17) is 9.72 Å². The van der Waals surface area contributed by atoms with E-state index in [2.05, 4.69) is 27.4 Å². The maximum absolute atomic E-state index is 13.5. The highest BCUT2D eigenvalue weighted by Crippen LogP contribution is 2.38. The first-order valence-electron chi connectivity index (χ1n) is 10.2. The molecule has 0 saturated carbocycles. The topological polar surface area (TPSA) is 70.6 Å². The Morgan fingerprint density at radius 1 is 1.29 bits per heavy atom. The zero-order valence-corrected chi connectivity index (χ0v) is 18.1. The number of nitrogens with one attached hydrogen (secondary N) is 1. The molecule has 0 aromatic carbocycles. The first kappa shape index (κ1) is 20.8. The molecule has 0 fully saturated rings. The lowest BCUT2D eigenvalue weighted by molar-refractivity contribution is 0.106. The summed E-state index contributed by atoms with van der Waals surface area (Å²) in [6, 6.07) is 4.60. The lowest BCUT2D eigenvalue weighted by Crippen LogP contribution is -2.51. The number of fused-ring (bicyclic) bond motifs is 1. The van der Waals surface area contributed by atoms with Crippen LogP contribution in [0.15, 0.2) is 48.4 Å². The number of urea groups is 1. The number of carbonyl (C=O) groups excluding carboxylic acids is 1. The summed E-state index contributed by atoms with van der Waals surface area (Å²) >= 11 is 0. The van der Waals surface area contributed by atoms with Crippen LogP contribution in [-0.2, 0) is 0 Å². The number of allylic oxidation sites excluding steroid dienone is 3. The number of aromatic nitrogens is 2. The molecule has 4 rings (SSSR count). The van der Waals surface area contributed by atoms with Crippen LogP contribution in [0.1, 0.15) is 32.4 Å². The van der Waals surface area contributed by atoms with Crippen LogP contribution in [0.25, 0.3) is 5.57 Å². The number of hydrogen-bond acceptors (Lipinski definition) is 5. The molecule has 1 aliphatic carbocycles. The van der Waals surface area contributed by atoms with Gasteiger partial charge in [0.2, 0.25) is 0 Å². The van der Waals surface area contributed by atoms with Crippen molar-refractivity contribution in [1.82, 2.24) is 14.9 Å². The van der Waals surface area contributed by atoms with Crippen LogP contribution in [0, 0.1) is 5.82 Å². The Labute approximate surface area is 181 Å². The van der Waals surface area contributed by atoms with Crippen LogP contribution in [0.4, 0.5) is 20.7 Å². The fourth-order valence-corrected chi connectivity index (χ4v) is 3.71. The molecule has 0 saturated heterocycles. The number of carbonyl (C=O) groups is 1. The van der Waals surface area contributed by atoms with Gasteiger partial charge in [-0.2, -0.15) is 0 Å². The molecule has 7 nitrogen and oxygen atoms in total. The molecular weight excluding hydrogens is 397 g/mol. The number of anilines is 2. The molecule has 2 aliphatic rings. The molecule has 0 atom stereocenters. The number of nitrogens with zero attached hydrogens (tertiary/aromatic N) is 4. The predicted octanol–water partition coefficient (Wildman–Crippen LogP) is 4.45. The summed E-state index contributed by atoms with van der Waals surface area (Å²) in [5.74, 6) is 0.461. The number of rotatable bonds is 3. The maximum atomic E-state index is 13.5. The molecular formula is C23H26FN5O2. The molecule has 31 heavy (non-hydrogen) atoms. The molecule has 0 radical (unpaired) electrons. The highest BCUT2D eigenvalue weighted by Gasteiger charge is 2.36. The molecule has 2 aromatic rings. The lowest BCUT2D eigenvalue weighted by atomic mass is 9.99. The molecule has 0 unspecified atom stereocenters. The normalized spacial score (nSPS) is 17.1. The van der Waals surface area contributed by atoms with Crippen molar-refractivity contribution in [3.8, 4) is 5.75 Å². The molecule has 0 bridgehead atoms. The fraction of sp³-hybridized carbons (Fsp3) is 0.348. The molecule has 2 aromatic heterocycles. The van der Waals surface area contributed by atoms with Gasteiger partial charge < -0.3 is 15.0 Å². The van der Waals surface area contributed by atoms with E-state index in [0.717, 1.165) is 36.0 Å². The molecule has 162 valence electrons. The van der Waals surface area contributed by atoms with E-state index in [1.54, 1.807) is 4.90 Å². The number of halogens is 1. The Morgan fingerprint density at radius 2 is 2.10 bits per heavy atom. The van der Waals surface area contributed by atoms with Crippen LogP contribution < -0.4 is 15.0 Å². The van der Waals surface area contributed by atoms with Gasteiger partial charge in [-0.3, -0.25) is 9.88 Å². The fourth-order valence-electron chi connectivity index (χ4n) is 3.71. The van der Waals surface area contributed by atoms with E-state index in [1.807, 2.05) is 40.1 Å². The summed E-state index contributed by atoms with van der Waals surface area (Å²) in [6.07, 6.45) is 8.61. The van der Waals surface area contributed by atoms with Gasteiger partial charge in [-0.1, -0.05) is 6.08 Å². The zero-order valence-electron chi connectivity index (χ0n) is 18.1. The van der Waals surface area contributed by atoms with Crippen molar-refractivity contribution in [2.24, 2.45) is 0 Å².